The fourth-order valence-electron chi connectivity index (χ4n) is 3.97. The molecule has 0 saturated carbocycles. The first kappa shape index (κ1) is 20.9. The molecule has 8 heteroatoms. The molecule has 32 heavy (non-hydrogen) atoms. The first-order valence-electron chi connectivity index (χ1n) is 10.0. The van der Waals surface area contributed by atoms with Gasteiger partial charge in [-0.2, -0.15) is 5.26 Å². The molecule has 1 aromatic heterocycles. The Labute approximate surface area is 183 Å². The van der Waals surface area contributed by atoms with Gasteiger partial charge >= 0.3 is 0 Å². The summed E-state index contributed by atoms with van der Waals surface area (Å²) in [7, 11) is 0. The average molecular weight is 428 g/mol. The van der Waals surface area contributed by atoms with Crippen molar-refractivity contribution >= 4 is 5.69 Å². The third-order valence-electron chi connectivity index (χ3n) is 5.59. The second kappa shape index (κ2) is 8.40. The van der Waals surface area contributed by atoms with E-state index in [-0.39, 0.29) is 22.7 Å². The molecule has 3 aromatic rings. The highest BCUT2D eigenvalue weighted by molar-refractivity contribution is 5.56. The van der Waals surface area contributed by atoms with Crippen LogP contribution in [0.15, 0.2) is 76.9 Å². The number of pyridine rings is 1. The molecular formula is C24H20N4O4. The smallest absolute Gasteiger partial charge is 0.269 e. The summed E-state index contributed by atoms with van der Waals surface area (Å²) < 4.78 is 7.30. The minimum atomic E-state index is -0.777. The van der Waals surface area contributed by atoms with E-state index in [4.69, 9.17) is 10.5 Å². The van der Waals surface area contributed by atoms with Gasteiger partial charge in [0.05, 0.1) is 16.4 Å². The number of benzene rings is 2. The summed E-state index contributed by atoms with van der Waals surface area (Å²) in [6, 6.07) is 19.4. The van der Waals surface area contributed by atoms with Gasteiger partial charge in [0.1, 0.15) is 17.4 Å². The van der Waals surface area contributed by atoms with Crippen LogP contribution in [0.4, 0.5) is 5.69 Å². The zero-order valence-corrected chi connectivity index (χ0v) is 17.3. The number of hydrogen-bond acceptors (Lipinski definition) is 6. The minimum Gasteiger partial charge on any atom is -0.440 e. The number of hydrogen-bond donors (Lipinski definition) is 1. The predicted octanol–water partition coefficient (Wildman–Crippen LogP) is 3.53. The molecule has 0 unspecified atom stereocenters. The number of ether oxygens (including phenoxy) is 1. The lowest BCUT2D eigenvalue weighted by Crippen LogP contribution is -2.33. The third-order valence-corrected chi connectivity index (χ3v) is 5.59. The minimum absolute atomic E-state index is 0.0795. The Morgan fingerprint density at radius 3 is 2.50 bits per heavy atom. The summed E-state index contributed by atoms with van der Waals surface area (Å²) in [5.74, 6) is -0.562. The van der Waals surface area contributed by atoms with Gasteiger partial charge < -0.3 is 15.0 Å². The maximum absolute atomic E-state index is 13.6. The van der Waals surface area contributed by atoms with Gasteiger partial charge in [-0.1, -0.05) is 42.5 Å². The Morgan fingerprint density at radius 1 is 1.19 bits per heavy atom. The van der Waals surface area contributed by atoms with Crippen LogP contribution in [0.2, 0.25) is 0 Å². The lowest BCUT2D eigenvalue weighted by molar-refractivity contribution is -0.384. The fourth-order valence-corrected chi connectivity index (χ4v) is 3.97. The molecule has 1 atom stereocenters. The Hall–Kier alpha value is -4.38. The lowest BCUT2D eigenvalue weighted by Gasteiger charge is -2.27. The quantitative estimate of drug-likeness (QED) is 0.490. The summed E-state index contributed by atoms with van der Waals surface area (Å²) in [5, 5.41) is 20.8. The van der Waals surface area contributed by atoms with Crippen molar-refractivity contribution in [1.29, 1.82) is 5.26 Å². The van der Waals surface area contributed by atoms with Gasteiger partial charge in [0.25, 0.3) is 11.2 Å². The van der Waals surface area contributed by atoms with Crippen LogP contribution >= 0.6 is 0 Å². The molecule has 8 nitrogen and oxygen atoms in total. The molecule has 0 spiro atoms. The Kier molecular flexibility index (Phi) is 5.48. The standard InChI is InChI=1S/C24H20N4O4/c1-15-13-20-22(24(29)27(15)12-11-16-5-3-2-4-6-16)21(19(14-25)23(26)32-20)17-7-9-18(10-8-17)28(30)31/h2-10,13,21H,11-12,26H2,1H3/t21-/m0/s1. The number of non-ortho nitro benzene ring substituents is 1. The summed E-state index contributed by atoms with van der Waals surface area (Å²) in [5.41, 5.74) is 8.39. The van der Waals surface area contributed by atoms with Crippen LogP contribution in [0.3, 0.4) is 0 Å². The van der Waals surface area contributed by atoms with Crippen molar-refractivity contribution in [2.24, 2.45) is 5.73 Å². The molecule has 2 aromatic carbocycles. The molecule has 2 N–H and O–H groups in total. The lowest BCUT2D eigenvalue weighted by atomic mass is 9.84. The monoisotopic (exact) mass is 428 g/mol. The van der Waals surface area contributed by atoms with Crippen LogP contribution in [-0.4, -0.2) is 9.49 Å². The van der Waals surface area contributed by atoms with Crippen LogP contribution in [0.5, 0.6) is 5.75 Å². The second-order valence-corrected chi connectivity index (χ2v) is 7.53. The predicted molar refractivity (Wildman–Crippen MR) is 118 cm³/mol. The molecule has 4 rings (SSSR count). The van der Waals surface area contributed by atoms with E-state index in [9.17, 15) is 20.2 Å². The molecule has 1 aliphatic rings. The highest BCUT2D eigenvalue weighted by Gasteiger charge is 2.34. The molecule has 0 radical (unpaired) electrons. The molecule has 0 aliphatic carbocycles. The van der Waals surface area contributed by atoms with Crippen molar-refractivity contribution in [2.75, 3.05) is 0 Å². The average Bonchev–Trinajstić information content (AvgIpc) is 2.78. The van der Waals surface area contributed by atoms with E-state index in [1.54, 1.807) is 10.6 Å². The molecule has 0 amide bonds. The molecule has 2 heterocycles. The van der Waals surface area contributed by atoms with Crippen LogP contribution < -0.4 is 16.0 Å². The topological polar surface area (TPSA) is 124 Å². The van der Waals surface area contributed by atoms with Gasteiger partial charge in [-0.15, -0.1) is 0 Å². The van der Waals surface area contributed by atoms with Crippen LogP contribution in [0, 0.1) is 28.4 Å². The van der Waals surface area contributed by atoms with Crippen molar-refractivity contribution < 1.29 is 9.66 Å². The highest BCUT2D eigenvalue weighted by Crippen LogP contribution is 2.40. The number of nitrogens with two attached hydrogens (primary N) is 1. The number of fused-ring (bicyclic) bond motifs is 1. The fraction of sp³-hybridized carbons (Fsp3) is 0.167. The number of nitrogens with zero attached hydrogens (tertiary/aromatic N) is 3. The van der Waals surface area contributed by atoms with Crippen LogP contribution in [-0.2, 0) is 13.0 Å². The van der Waals surface area contributed by atoms with Gasteiger partial charge in [-0.3, -0.25) is 14.9 Å². The number of allylic oxidation sites excluding steroid dienone is 1. The van der Waals surface area contributed by atoms with E-state index in [0.29, 0.717) is 35.5 Å². The summed E-state index contributed by atoms with van der Waals surface area (Å²) in [4.78, 5) is 24.1. The van der Waals surface area contributed by atoms with Crippen LogP contribution in [0.1, 0.15) is 28.3 Å². The van der Waals surface area contributed by atoms with E-state index in [1.165, 1.54) is 24.3 Å². The summed E-state index contributed by atoms with van der Waals surface area (Å²) in [6.45, 7) is 2.27. The molecule has 0 fully saturated rings. The van der Waals surface area contributed by atoms with E-state index in [2.05, 4.69) is 0 Å². The number of aryl methyl sites for hydroxylation is 2. The Morgan fingerprint density at radius 2 is 1.88 bits per heavy atom. The maximum atomic E-state index is 13.6. The molecule has 0 bridgehead atoms. The van der Waals surface area contributed by atoms with Crippen molar-refractivity contribution in [3.63, 3.8) is 0 Å². The largest absolute Gasteiger partial charge is 0.440 e. The number of rotatable bonds is 5. The van der Waals surface area contributed by atoms with Crippen molar-refractivity contribution in [2.45, 2.75) is 25.8 Å². The molecule has 0 saturated heterocycles. The molecule has 1 aliphatic heterocycles. The van der Waals surface area contributed by atoms with Crippen molar-refractivity contribution in [3.05, 3.63) is 115 Å². The second-order valence-electron chi connectivity index (χ2n) is 7.53. The van der Waals surface area contributed by atoms with Crippen molar-refractivity contribution in [3.8, 4) is 11.8 Å². The normalized spacial score (nSPS) is 14.9. The number of nitro groups is 1. The Balaban J connectivity index is 1.82. The van der Waals surface area contributed by atoms with Gasteiger partial charge in [0.2, 0.25) is 5.88 Å². The van der Waals surface area contributed by atoms with E-state index >= 15 is 0 Å². The summed E-state index contributed by atoms with van der Waals surface area (Å²) >= 11 is 0. The highest BCUT2D eigenvalue weighted by atomic mass is 16.6. The SMILES string of the molecule is Cc1cc2c(c(=O)n1CCc1ccccc1)[C@@H](c1ccc([N+](=O)[O-])cc1)C(C#N)=C(N)O2. The maximum Gasteiger partial charge on any atom is 0.269 e. The molecule has 160 valence electrons. The molecular weight excluding hydrogens is 408 g/mol. The first-order chi connectivity index (χ1) is 15.4. The zero-order valence-electron chi connectivity index (χ0n) is 17.3. The number of nitro benzene ring substituents is 1. The van der Waals surface area contributed by atoms with Gasteiger partial charge in [-0.25, -0.2) is 0 Å². The van der Waals surface area contributed by atoms with Crippen molar-refractivity contribution in [1.82, 2.24) is 4.57 Å². The van der Waals surface area contributed by atoms with E-state index < -0.39 is 10.8 Å². The Bertz CT molecular complexity index is 1320. The number of aromatic nitrogens is 1. The van der Waals surface area contributed by atoms with E-state index in [1.807, 2.05) is 43.3 Å². The van der Waals surface area contributed by atoms with E-state index in [0.717, 1.165) is 5.56 Å². The summed E-state index contributed by atoms with van der Waals surface area (Å²) in [6.07, 6.45) is 0.659. The third kappa shape index (κ3) is 3.72. The first-order valence-corrected chi connectivity index (χ1v) is 10.0. The van der Waals surface area contributed by atoms with Gasteiger partial charge in [-0.05, 0) is 24.5 Å². The zero-order chi connectivity index (χ0) is 22.8. The van der Waals surface area contributed by atoms with Gasteiger partial charge in [0.15, 0.2) is 0 Å². The number of nitriles is 1. The van der Waals surface area contributed by atoms with Gasteiger partial charge in [0, 0.05) is 30.4 Å². The van der Waals surface area contributed by atoms with Crippen LogP contribution in [0.25, 0.3) is 0 Å².